The first-order valence-electron chi connectivity index (χ1n) is 8.75. The number of allylic oxidation sites excluding steroid dienone is 6. The van der Waals surface area contributed by atoms with E-state index in [2.05, 4.69) is 0 Å². The summed E-state index contributed by atoms with van der Waals surface area (Å²) in [4.78, 5) is 12.1. The van der Waals surface area contributed by atoms with Crippen LogP contribution in [0.25, 0.3) is 6.08 Å². The Morgan fingerprint density at radius 1 is 1.07 bits per heavy atom. The van der Waals surface area contributed by atoms with E-state index < -0.39 is 0 Å². The predicted molar refractivity (Wildman–Crippen MR) is 108 cm³/mol. The van der Waals surface area contributed by atoms with Gasteiger partial charge in [-0.05, 0) is 41.0 Å². The summed E-state index contributed by atoms with van der Waals surface area (Å²) < 4.78 is 5.10. The molecule has 5 nitrogen and oxygen atoms in total. The highest BCUT2D eigenvalue weighted by Gasteiger charge is 2.11. The largest absolute Gasteiger partial charge is 0.504 e. The van der Waals surface area contributed by atoms with E-state index in [4.69, 9.17) is 4.74 Å². The predicted octanol–water partition coefficient (Wildman–Crippen LogP) is 4.25. The van der Waals surface area contributed by atoms with E-state index in [9.17, 15) is 15.1 Å². The molecule has 0 amide bonds. The molecule has 0 bridgehead atoms. The fourth-order valence-electron chi connectivity index (χ4n) is 2.74. The lowest BCUT2D eigenvalue weighted by atomic mass is 10.0. The number of phenols is 1. The Bertz CT molecular complexity index is 971. The number of methoxy groups -OCH3 is 1. The molecule has 28 heavy (non-hydrogen) atoms. The van der Waals surface area contributed by atoms with Crippen molar-refractivity contribution < 1.29 is 19.8 Å². The van der Waals surface area contributed by atoms with E-state index >= 15 is 0 Å². The van der Waals surface area contributed by atoms with E-state index in [0.29, 0.717) is 11.3 Å². The molecule has 0 aliphatic heterocycles. The summed E-state index contributed by atoms with van der Waals surface area (Å²) in [6, 6.07) is 14.5. The lowest BCUT2D eigenvalue weighted by Crippen LogP contribution is -2.14. The number of hydrogen-bond acceptors (Lipinski definition) is 5. The number of benzene rings is 2. The molecule has 0 radical (unpaired) electrons. The van der Waals surface area contributed by atoms with E-state index in [0.717, 1.165) is 21.8 Å². The molecule has 3 rings (SSSR count). The molecule has 1 aliphatic rings. The number of aromatic hydroxyl groups is 1. The standard InChI is InChI=1S/C23H21NO4/c1-28-23-14-18(10-12-22(23)26)8-7-17-9-11-21(25)20(13-17)16-24(27)15-19-5-3-2-4-6-19/h2-14,16,26-27H,15H2,1H3. The molecule has 0 aromatic heterocycles. The van der Waals surface area contributed by atoms with Gasteiger partial charge in [0.05, 0.1) is 13.7 Å². The van der Waals surface area contributed by atoms with E-state index in [1.807, 2.05) is 42.5 Å². The topological polar surface area (TPSA) is 70.0 Å². The second-order valence-electron chi connectivity index (χ2n) is 6.27. The van der Waals surface area contributed by atoms with Crippen LogP contribution < -0.4 is 4.74 Å². The van der Waals surface area contributed by atoms with E-state index in [1.165, 1.54) is 19.4 Å². The van der Waals surface area contributed by atoms with Gasteiger partial charge < -0.3 is 9.84 Å². The first-order valence-corrected chi connectivity index (χ1v) is 8.75. The van der Waals surface area contributed by atoms with Gasteiger partial charge in [0.2, 0.25) is 0 Å². The minimum atomic E-state index is -0.171. The molecular formula is C23H21NO4. The highest BCUT2D eigenvalue weighted by atomic mass is 16.5. The highest BCUT2D eigenvalue weighted by Crippen LogP contribution is 2.27. The van der Waals surface area contributed by atoms with Gasteiger partial charge in [-0.1, -0.05) is 54.6 Å². The van der Waals surface area contributed by atoms with Crippen molar-refractivity contribution >= 4 is 11.9 Å². The molecular weight excluding hydrogens is 354 g/mol. The number of carbonyl (C=O) groups is 1. The van der Waals surface area contributed by atoms with Gasteiger partial charge in [0.15, 0.2) is 17.3 Å². The van der Waals surface area contributed by atoms with Crippen LogP contribution >= 0.6 is 0 Å². The zero-order valence-electron chi connectivity index (χ0n) is 15.4. The van der Waals surface area contributed by atoms with Crippen molar-refractivity contribution in [2.45, 2.75) is 6.54 Å². The van der Waals surface area contributed by atoms with Crippen molar-refractivity contribution in [1.82, 2.24) is 5.06 Å². The van der Waals surface area contributed by atoms with Crippen molar-refractivity contribution in [3.63, 3.8) is 0 Å². The molecule has 2 aromatic carbocycles. The second-order valence-corrected chi connectivity index (χ2v) is 6.27. The Labute approximate surface area is 163 Å². The van der Waals surface area contributed by atoms with Gasteiger partial charge in [0.25, 0.3) is 0 Å². The van der Waals surface area contributed by atoms with Gasteiger partial charge in [0, 0.05) is 11.8 Å². The molecule has 0 unspecified atom stereocenters. The Hall–Kier alpha value is -3.57. The summed E-state index contributed by atoms with van der Waals surface area (Å²) in [5.74, 6) is 0.298. The fourth-order valence-corrected chi connectivity index (χ4v) is 2.74. The third-order valence-electron chi connectivity index (χ3n) is 4.18. The summed E-state index contributed by atoms with van der Waals surface area (Å²) in [5.41, 5.74) is 2.99. The van der Waals surface area contributed by atoms with E-state index in [1.54, 1.807) is 30.4 Å². The van der Waals surface area contributed by atoms with Gasteiger partial charge in [0.1, 0.15) is 0 Å². The lowest BCUT2D eigenvalue weighted by molar-refractivity contribution is -0.111. The van der Waals surface area contributed by atoms with Crippen LogP contribution in [-0.2, 0) is 11.3 Å². The number of nitrogens with zero attached hydrogens (tertiary/aromatic N) is 1. The molecule has 0 spiro atoms. The van der Waals surface area contributed by atoms with Crippen LogP contribution in [-0.4, -0.2) is 28.3 Å². The maximum atomic E-state index is 12.1. The molecule has 2 N–H and O–H groups in total. The highest BCUT2D eigenvalue weighted by molar-refractivity contribution is 6.08. The average molecular weight is 375 g/mol. The van der Waals surface area contributed by atoms with E-state index in [-0.39, 0.29) is 18.1 Å². The summed E-state index contributed by atoms with van der Waals surface area (Å²) in [6.45, 7) is 0.285. The molecule has 5 heteroatoms. The zero-order valence-corrected chi connectivity index (χ0v) is 15.4. The molecule has 0 atom stereocenters. The van der Waals surface area contributed by atoms with Gasteiger partial charge in [-0.15, -0.1) is 0 Å². The lowest BCUT2D eigenvalue weighted by Gasteiger charge is -2.14. The van der Waals surface area contributed by atoms with Crippen LogP contribution in [0.3, 0.4) is 0 Å². The Morgan fingerprint density at radius 2 is 1.86 bits per heavy atom. The summed E-state index contributed by atoms with van der Waals surface area (Å²) >= 11 is 0. The van der Waals surface area contributed by atoms with Gasteiger partial charge in [-0.2, -0.15) is 0 Å². The number of hydroxylamine groups is 2. The summed E-state index contributed by atoms with van der Waals surface area (Å²) in [6.07, 6.45) is 10.0. The molecule has 1 aliphatic carbocycles. The second kappa shape index (κ2) is 8.88. The van der Waals surface area contributed by atoms with Crippen molar-refractivity contribution in [2.24, 2.45) is 0 Å². The minimum Gasteiger partial charge on any atom is -0.504 e. The van der Waals surface area contributed by atoms with Gasteiger partial charge in [-0.25, -0.2) is 0 Å². The monoisotopic (exact) mass is 375 g/mol. The third kappa shape index (κ3) is 4.99. The molecule has 0 saturated carbocycles. The maximum Gasteiger partial charge on any atom is 0.187 e. The Balaban J connectivity index is 1.75. The number of hydrogen-bond donors (Lipinski definition) is 2. The van der Waals surface area contributed by atoms with Gasteiger partial charge >= 0.3 is 0 Å². The smallest absolute Gasteiger partial charge is 0.187 e. The Kier molecular flexibility index (Phi) is 6.09. The SMILES string of the molecule is COc1cc(C=CC2=CC(=CN(O)Cc3ccccc3)C(=O)C=C2)ccc1O. The van der Waals surface area contributed by atoms with Crippen molar-refractivity contribution in [1.29, 1.82) is 0 Å². The first kappa shape index (κ1) is 19.2. The number of ether oxygens (including phenoxy) is 1. The molecule has 0 fully saturated rings. The van der Waals surface area contributed by atoms with Crippen LogP contribution in [0.15, 0.2) is 90.2 Å². The molecule has 2 aromatic rings. The number of phenolic OH excluding ortho intramolecular Hbond substituents is 1. The van der Waals surface area contributed by atoms with Crippen LogP contribution in [0.4, 0.5) is 0 Å². The number of rotatable bonds is 6. The van der Waals surface area contributed by atoms with Crippen molar-refractivity contribution in [3.8, 4) is 11.5 Å². The maximum absolute atomic E-state index is 12.1. The van der Waals surface area contributed by atoms with Crippen LogP contribution in [0.1, 0.15) is 11.1 Å². The average Bonchev–Trinajstić information content (AvgIpc) is 2.70. The molecule has 0 heterocycles. The Morgan fingerprint density at radius 3 is 2.61 bits per heavy atom. The third-order valence-corrected chi connectivity index (χ3v) is 4.18. The number of carbonyl (C=O) groups excluding carboxylic acids is 1. The minimum absolute atomic E-state index is 0.0775. The normalized spacial score (nSPS) is 15.1. The van der Waals surface area contributed by atoms with Crippen LogP contribution in [0.5, 0.6) is 11.5 Å². The zero-order chi connectivity index (χ0) is 19.9. The quantitative estimate of drug-likeness (QED) is 0.583. The van der Waals surface area contributed by atoms with Crippen LogP contribution in [0, 0.1) is 0 Å². The first-order chi connectivity index (χ1) is 13.5. The summed E-state index contributed by atoms with van der Waals surface area (Å²) in [7, 11) is 1.49. The van der Waals surface area contributed by atoms with Crippen molar-refractivity contribution in [2.75, 3.05) is 7.11 Å². The summed E-state index contributed by atoms with van der Waals surface area (Å²) in [5, 5.41) is 20.8. The molecule has 0 saturated heterocycles. The molecule has 142 valence electrons. The number of ketones is 1. The van der Waals surface area contributed by atoms with Crippen molar-refractivity contribution in [3.05, 3.63) is 101 Å². The fraction of sp³-hybridized carbons (Fsp3) is 0.0870. The van der Waals surface area contributed by atoms with Gasteiger partial charge in [-0.3, -0.25) is 15.1 Å². The van der Waals surface area contributed by atoms with Crippen LogP contribution in [0.2, 0.25) is 0 Å².